The van der Waals surface area contributed by atoms with E-state index in [1.165, 1.54) is 0 Å². The molecule has 7 heteroatoms. The minimum atomic E-state index is 0.356. The molecule has 0 bridgehead atoms. The van der Waals surface area contributed by atoms with Gasteiger partial charge in [0.2, 0.25) is 5.95 Å². The lowest BCUT2D eigenvalue weighted by molar-refractivity contribution is 0.957. The average molecular weight is 346 g/mol. The van der Waals surface area contributed by atoms with Gasteiger partial charge in [-0.25, -0.2) is 0 Å². The van der Waals surface area contributed by atoms with Gasteiger partial charge in [-0.1, -0.05) is 41.4 Å². The first-order chi connectivity index (χ1) is 11.1. The minimum absolute atomic E-state index is 0.356. The van der Waals surface area contributed by atoms with Crippen LogP contribution < -0.4 is 10.2 Å². The molecule has 1 aromatic heterocycles. The number of anilines is 4. The van der Waals surface area contributed by atoms with Gasteiger partial charge in [-0.05, 0) is 30.3 Å². The van der Waals surface area contributed by atoms with Crippen LogP contribution in [0.5, 0.6) is 0 Å². The molecule has 0 aliphatic rings. The molecule has 0 amide bonds. The second kappa shape index (κ2) is 6.81. The molecule has 0 spiro atoms. The van der Waals surface area contributed by atoms with Gasteiger partial charge in [0.05, 0.1) is 16.9 Å². The maximum Gasteiger partial charge on any atom is 0.249 e. The van der Waals surface area contributed by atoms with Crippen LogP contribution in [0.1, 0.15) is 0 Å². The Morgan fingerprint density at radius 1 is 1.04 bits per heavy atom. The van der Waals surface area contributed by atoms with E-state index in [1.54, 1.807) is 24.4 Å². The van der Waals surface area contributed by atoms with Crippen molar-refractivity contribution in [2.75, 3.05) is 17.3 Å². The summed E-state index contributed by atoms with van der Waals surface area (Å²) in [6.45, 7) is 0. The molecule has 1 N–H and O–H groups in total. The molecule has 0 unspecified atom stereocenters. The molecule has 0 radical (unpaired) electrons. The predicted octanol–water partition coefficient (Wildman–Crippen LogP) is 4.69. The highest BCUT2D eigenvalue weighted by molar-refractivity contribution is 6.36. The number of para-hydroxylation sites is 1. The molecule has 0 fully saturated rings. The summed E-state index contributed by atoms with van der Waals surface area (Å²) >= 11 is 12.0. The van der Waals surface area contributed by atoms with Gasteiger partial charge in [-0.2, -0.15) is 10.1 Å². The normalized spacial score (nSPS) is 10.4. The molecule has 0 saturated heterocycles. The van der Waals surface area contributed by atoms with Crippen molar-refractivity contribution in [2.45, 2.75) is 0 Å². The van der Waals surface area contributed by atoms with Gasteiger partial charge < -0.3 is 10.2 Å². The Morgan fingerprint density at radius 3 is 2.57 bits per heavy atom. The molecule has 0 aliphatic carbocycles. The smallest absolute Gasteiger partial charge is 0.249 e. The van der Waals surface area contributed by atoms with Crippen LogP contribution >= 0.6 is 23.2 Å². The lowest BCUT2D eigenvalue weighted by Gasteiger charge is -2.18. The van der Waals surface area contributed by atoms with Crippen LogP contribution in [-0.4, -0.2) is 22.2 Å². The zero-order chi connectivity index (χ0) is 16.2. The summed E-state index contributed by atoms with van der Waals surface area (Å²) in [4.78, 5) is 6.38. The number of rotatable bonds is 4. The first-order valence-electron chi connectivity index (χ1n) is 6.84. The zero-order valence-electron chi connectivity index (χ0n) is 12.2. The Balaban J connectivity index is 1.85. The quantitative estimate of drug-likeness (QED) is 0.743. The van der Waals surface area contributed by atoms with E-state index in [0.717, 1.165) is 5.69 Å². The molecule has 0 atom stereocenters. The summed E-state index contributed by atoms with van der Waals surface area (Å²) in [5.41, 5.74) is 1.67. The summed E-state index contributed by atoms with van der Waals surface area (Å²) in [6, 6.07) is 15.0. The number of hydrogen-bond donors (Lipinski definition) is 1. The topological polar surface area (TPSA) is 53.9 Å². The van der Waals surface area contributed by atoms with E-state index >= 15 is 0 Å². The van der Waals surface area contributed by atoms with E-state index in [-0.39, 0.29) is 0 Å². The standard InChI is InChI=1S/C16H13Cl2N5/c1-23(12-5-3-2-4-6-12)15-10-19-22-16(21-15)20-14-8-7-11(17)9-13(14)18/h2-10H,1H3,(H,20,21,22). The summed E-state index contributed by atoms with van der Waals surface area (Å²) < 4.78 is 0. The van der Waals surface area contributed by atoms with Crippen molar-refractivity contribution in [3.8, 4) is 0 Å². The van der Waals surface area contributed by atoms with Crippen LogP contribution in [-0.2, 0) is 0 Å². The van der Waals surface area contributed by atoms with E-state index in [1.807, 2.05) is 42.3 Å². The van der Waals surface area contributed by atoms with Crippen LogP contribution in [0.4, 0.5) is 23.1 Å². The summed E-state index contributed by atoms with van der Waals surface area (Å²) in [5.74, 6) is 1.02. The number of nitrogens with zero attached hydrogens (tertiary/aromatic N) is 4. The van der Waals surface area contributed by atoms with Crippen molar-refractivity contribution in [1.82, 2.24) is 15.2 Å². The van der Waals surface area contributed by atoms with Gasteiger partial charge in [0, 0.05) is 17.8 Å². The predicted molar refractivity (Wildman–Crippen MR) is 94.1 cm³/mol. The van der Waals surface area contributed by atoms with Crippen molar-refractivity contribution in [1.29, 1.82) is 0 Å². The number of hydrogen-bond acceptors (Lipinski definition) is 5. The first-order valence-corrected chi connectivity index (χ1v) is 7.59. The Bertz CT molecular complexity index is 811. The molecule has 116 valence electrons. The van der Waals surface area contributed by atoms with Crippen molar-refractivity contribution in [2.24, 2.45) is 0 Å². The van der Waals surface area contributed by atoms with E-state index in [0.29, 0.717) is 27.5 Å². The Kier molecular flexibility index (Phi) is 4.60. The second-order valence-electron chi connectivity index (χ2n) is 4.78. The number of nitrogens with one attached hydrogen (secondary N) is 1. The number of halogens is 2. The van der Waals surface area contributed by atoms with Crippen molar-refractivity contribution in [3.63, 3.8) is 0 Å². The molecular weight excluding hydrogens is 333 g/mol. The molecule has 1 heterocycles. The Labute approximate surface area is 143 Å². The first kappa shape index (κ1) is 15.5. The summed E-state index contributed by atoms with van der Waals surface area (Å²) in [5, 5.41) is 12.1. The van der Waals surface area contributed by atoms with E-state index in [2.05, 4.69) is 20.5 Å². The van der Waals surface area contributed by atoms with Gasteiger partial charge in [-0.3, -0.25) is 0 Å². The average Bonchev–Trinajstić information content (AvgIpc) is 2.58. The minimum Gasteiger partial charge on any atom is -0.328 e. The molecule has 23 heavy (non-hydrogen) atoms. The third kappa shape index (κ3) is 3.70. The van der Waals surface area contributed by atoms with Crippen molar-refractivity contribution >= 4 is 46.3 Å². The number of aromatic nitrogens is 3. The fraction of sp³-hybridized carbons (Fsp3) is 0.0625. The Morgan fingerprint density at radius 2 is 1.83 bits per heavy atom. The highest BCUT2D eigenvalue weighted by atomic mass is 35.5. The van der Waals surface area contributed by atoms with Crippen LogP contribution in [0.2, 0.25) is 10.0 Å². The SMILES string of the molecule is CN(c1ccccc1)c1cnnc(Nc2ccc(Cl)cc2Cl)n1. The molecule has 3 aromatic rings. The second-order valence-corrected chi connectivity index (χ2v) is 5.63. The van der Waals surface area contributed by atoms with Crippen LogP contribution in [0, 0.1) is 0 Å². The molecule has 3 rings (SSSR count). The maximum absolute atomic E-state index is 6.14. The Hall–Kier alpha value is -2.37. The van der Waals surface area contributed by atoms with E-state index in [4.69, 9.17) is 23.2 Å². The fourth-order valence-electron chi connectivity index (χ4n) is 2.00. The highest BCUT2D eigenvalue weighted by Crippen LogP contribution is 2.28. The highest BCUT2D eigenvalue weighted by Gasteiger charge is 2.09. The monoisotopic (exact) mass is 345 g/mol. The molecular formula is C16H13Cl2N5. The third-order valence-corrected chi connectivity index (χ3v) is 3.76. The van der Waals surface area contributed by atoms with E-state index in [9.17, 15) is 0 Å². The van der Waals surface area contributed by atoms with Crippen molar-refractivity contribution in [3.05, 3.63) is 64.8 Å². The van der Waals surface area contributed by atoms with Crippen molar-refractivity contribution < 1.29 is 0 Å². The zero-order valence-corrected chi connectivity index (χ0v) is 13.8. The van der Waals surface area contributed by atoms with Gasteiger partial charge in [0.25, 0.3) is 0 Å². The third-order valence-electron chi connectivity index (χ3n) is 3.21. The largest absolute Gasteiger partial charge is 0.328 e. The number of benzene rings is 2. The van der Waals surface area contributed by atoms with Crippen LogP contribution in [0.25, 0.3) is 0 Å². The lowest BCUT2D eigenvalue weighted by atomic mass is 10.3. The molecule has 0 saturated carbocycles. The lowest BCUT2D eigenvalue weighted by Crippen LogP contribution is -2.13. The molecule has 0 aliphatic heterocycles. The van der Waals surface area contributed by atoms with Crippen LogP contribution in [0.3, 0.4) is 0 Å². The van der Waals surface area contributed by atoms with Gasteiger partial charge >= 0.3 is 0 Å². The van der Waals surface area contributed by atoms with Gasteiger partial charge in [-0.15, -0.1) is 5.10 Å². The molecule has 2 aromatic carbocycles. The summed E-state index contributed by atoms with van der Waals surface area (Å²) in [7, 11) is 1.92. The summed E-state index contributed by atoms with van der Waals surface area (Å²) in [6.07, 6.45) is 1.60. The van der Waals surface area contributed by atoms with Gasteiger partial charge in [0.15, 0.2) is 5.82 Å². The van der Waals surface area contributed by atoms with Gasteiger partial charge in [0.1, 0.15) is 0 Å². The fourth-order valence-corrected chi connectivity index (χ4v) is 2.46. The molecule has 5 nitrogen and oxygen atoms in total. The van der Waals surface area contributed by atoms with Crippen LogP contribution in [0.15, 0.2) is 54.7 Å². The maximum atomic E-state index is 6.14. The van der Waals surface area contributed by atoms with E-state index < -0.39 is 0 Å².